The molecule has 1 aromatic heterocycles. The highest BCUT2D eigenvalue weighted by Gasteiger charge is 2.45. The molecule has 5 rings (SSSR count). The summed E-state index contributed by atoms with van der Waals surface area (Å²) >= 11 is 0. The van der Waals surface area contributed by atoms with E-state index in [4.69, 9.17) is 4.74 Å². The maximum absolute atomic E-state index is 13.8. The summed E-state index contributed by atoms with van der Waals surface area (Å²) in [6, 6.07) is 6.43. The maximum atomic E-state index is 13.8. The average Bonchev–Trinajstić information content (AvgIpc) is 3.39. The summed E-state index contributed by atoms with van der Waals surface area (Å²) in [5.41, 5.74) is 0.106. The first kappa shape index (κ1) is 25.6. The van der Waals surface area contributed by atoms with E-state index in [0.717, 1.165) is 22.4 Å². The van der Waals surface area contributed by atoms with Crippen molar-refractivity contribution in [2.24, 2.45) is 0 Å². The summed E-state index contributed by atoms with van der Waals surface area (Å²) in [6.45, 7) is 0.637. The quantitative estimate of drug-likeness (QED) is 0.457. The van der Waals surface area contributed by atoms with Crippen LogP contribution in [0, 0.1) is 0 Å². The molecule has 3 heterocycles. The maximum Gasteiger partial charge on any atom is 0.419 e. The van der Waals surface area contributed by atoms with E-state index < -0.39 is 54.9 Å². The first-order chi connectivity index (χ1) is 17.9. The number of nitrogens with one attached hydrogen (secondary N) is 1. The van der Waals surface area contributed by atoms with Gasteiger partial charge in [0.15, 0.2) is 0 Å². The molecule has 0 saturated carbocycles. The molecule has 38 heavy (non-hydrogen) atoms. The number of imide groups is 1. The van der Waals surface area contributed by atoms with Gasteiger partial charge in [0.1, 0.15) is 12.4 Å². The summed E-state index contributed by atoms with van der Waals surface area (Å²) in [5, 5.41) is 3.37. The number of hydrogen-bond donors (Lipinski definition) is 1. The summed E-state index contributed by atoms with van der Waals surface area (Å²) < 4.78 is 73.8. The zero-order chi connectivity index (χ0) is 27.2. The highest BCUT2D eigenvalue weighted by molar-refractivity contribution is 5.93. The fourth-order valence-corrected chi connectivity index (χ4v) is 4.76. The lowest BCUT2D eigenvalue weighted by atomic mass is 9.99. The molecule has 2 fully saturated rings. The second-order valence-electron chi connectivity index (χ2n) is 9.29. The van der Waals surface area contributed by atoms with Gasteiger partial charge in [0.25, 0.3) is 5.92 Å². The number of rotatable bonds is 4. The number of cyclic esters (lactones) is 1. The molecule has 2 aliphatic rings. The Kier molecular flexibility index (Phi) is 6.32. The molecule has 0 bridgehead atoms. The molecule has 2 saturated heterocycles. The van der Waals surface area contributed by atoms with Crippen LogP contribution in [0.3, 0.4) is 0 Å². The molecule has 3 amide bonds. The first-order valence-corrected chi connectivity index (χ1v) is 11.7. The number of urea groups is 1. The average molecular weight is 535 g/mol. The van der Waals surface area contributed by atoms with E-state index in [9.17, 15) is 31.5 Å². The summed E-state index contributed by atoms with van der Waals surface area (Å²) in [7, 11) is 0. The number of aromatic nitrogens is 2. The molecule has 2 aliphatic heterocycles. The van der Waals surface area contributed by atoms with Crippen LogP contribution in [-0.2, 0) is 17.5 Å². The van der Waals surface area contributed by atoms with Gasteiger partial charge >= 0.3 is 18.3 Å². The third-order valence-electron chi connectivity index (χ3n) is 6.67. The van der Waals surface area contributed by atoms with E-state index >= 15 is 0 Å². The number of carbonyl (C=O) groups excluding carboxylic acids is 2. The standard InChI is InChI=1S/C25H22F5N5O3/c1-14-21(17-7-18(25(28,29)30)9-19(8-17)34-6-5-24(26,27)12-34)38-23(37)35(14)22(36)32-11-16-4-2-3-15-10-31-13-33-20(15)16/h2-4,7-10,13-14,21H,5-6,11-12H2,1H3,(H,32,36)/t14-,21-/m0/s1. The van der Waals surface area contributed by atoms with Crippen molar-refractivity contribution in [3.05, 3.63) is 65.6 Å². The molecule has 0 unspecified atom stereocenters. The van der Waals surface area contributed by atoms with Gasteiger partial charge in [-0.1, -0.05) is 18.2 Å². The predicted octanol–water partition coefficient (Wildman–Crippen LogP) is 5.29. The molecule has 2 atom stereocenters. The Bertz CT molecular complexity index is 1390. The molecule has 0 radical (unpaired) electrons. The van der Waals surface area contributed by atoms with Gasteiger partial charge in [0.2, 0.25) is 0 Å². The van der Waals surface area contributed by atoms with Gasteiger partial charge in [0.05, 0.1) is 23.7 Å². The first-order valence-electron chi connectivity index (χ1n) is 11.7. The lowest BCUT2D eigenvalue weighted by molar-refractivity contribution is -0.137. The van der Waals surface area contributed by atoms with Crippen LogP contribution in [0.1, 0.15) is 36.1 Å². The Labute approximate surface area is 213 Å². The van der Waals surface area contributed by atoms with Gasteiger partial charge in [-0.05, 0) is 36.2 Å². The zero-order valence-electron chi connectivity index (χ0n) is 20.0. The second-order valence-corrected chi connectivity index (χ2v) is 9.29. The number of alkyl halides is 5. The minimum Gasteiger partial charge on any atom is -0.439 e. The van der Waals surface area contributed by atoms with E-state index in [-0.39, 0.29) is 24.3 Å². The number of halogens is 5. The van der Waals surface area contributed by atoms with E-state index in [1.165, 1.54) is 24.2 Å². The van der Waals surface area contributed by atoms with Crippen LogP contribution in [0.4, 0.5) is 37.2 Å². The molecule has 0 spiro atoms. The minimum atomic E-state index is -4.77. The molecule has 2 aromatic carbocycles. The van der Waals surface area contributed by atoms with Gasteiger partial charge in [0, 0.05) is 36.8 Å². The lowest BCUT2D eigenvalue weighted by Crippen LogP contribution is -2.44. The number of carbonyl (C=O) groups is 2. The lowest BCUT2D eigenvalue weighted by Gasteiger charge is -2.24. The van der Waals surface area contributed by atoms with Crippen molar-refractivity contribution in [3.63, 3.8) is 0 Å². The number of amides is 3. The molecule has 1 N–H and O–H groups in total. The Morgan fingerprint density at radius 1 is 1.24 bits per heavy atom. The highest BCUT2D eigenvalue weighted by Crippen LogP contribution is 2.40. The monoisotopic (exact) mass is 535 g/mol. The molecular weight excluding hydrogens is 513 g/mol. The van der Waals surface area contributed by atoms with Crippen molar-refractivity contribution < 1.29 is 36.3 Å². The summed E-state index contributed by atoms with van der Waals surface area (Å²) in [6.07, 6.45) is -4.54. The van der Waals surface area contributed by atoms with Gasteiger partial charge in [-0.2, -0.15) is 13.2 Å². The largest absolute Gasteiger partial charge is 0.439 e. The van der Waals surface area contributed by atoms with Crippen molar-refractivity contribution in [2.45, 2.75) is 44.1 Å². The van der Waals surface area contributed by atoms with Crippen LogP contribution in [-0.4, -0.2) is 52.0 Å². The Morgan fingerprint density at radius 2 is 2.03 bits per heavy atom. The van der Waals surface area contributed by atoms with Gasteiger partial charge in [-0.25, -0.2) is 33.2 Å². The number of ether oxygens (including phenoxy) is 1. The number of fused-ring (bicyclic) bond motifs is 1. The van der Waals surface area contributed by atoms with Crippen molar-refractivity contribution >= 4 is 28.7 Å². The Balaban J connectivity index is 1.37. The number of nitrogens with zero attached hydrogens (tertiary/aromatic N) is 4. The Hall–Kier alpha value is -4.03. The van der Waals surface area contributed by atoms with E-state index in [1.807, 2.05) is 0 Å². The van der Waals surface area contributed by atoms with E-state index in [0.29, 0.717) is 11.1 Å². The van der Waals surface area contributed by atoms with Crippen LogP contribution in [0.15, 0.2) is 48.9 Å². The van der Waals surface area contributed by atoms with Crippen LogP contribution in [0.2, 0.25) is 0 Å². The van der Waals surface area contributed by atoms with Crippen LogP contribution < -0.4 is 10.2 Å². The van der Waals surface area contributed by atoms with Crippen molar-refractivity contribution in [1.29, 1.82) is 0 Å². The van der Waals surface area contributed by atoms with Crippen LogP contribution >= 0.6 is 0 Å². The zero-order valence-corrected chi connectivity index (χ0v) is 20.0. The summed E-state index contributed by atoms with van der Waals surface area (Å²) in [5.74, 6) is -3.02. The fourth-order valence-electron chi connectivity index (χ4n) is 4.76. The van der Waals surface area contributed by atoms with Gasteiger partial charge < -0.3 is 15.0 Å². The third kappa shape index (κ3) is 4.92. The topological polar surface area (TPSA) is 87.7 Å². The van der Waals surface area contributed by atoms with E-state index in [2.05, 4.69) is 15.3 Å². The van der Waals surface area contributed by atoms with Crippen LogP contribution in [0.25, 0.3) is 10.9 Å². The SMILES string of the molecule is C[C@H]1[C@@H](c2cc(N3CCC(F)(F)C3)cc(C(F)(F)F)c2)OC(=O)N1C(=O)NCc1cccc2cncnc12. The van der Waals surface area contributed by atoms with E-state index in [1.54, 1.807) is 24.4 Å². The van der Waals surface area contributed by atoms with Crippen molar-refractivity contribution in [2.75, 3.05) is 18.0 Å². The molecule has 200 valence electrons. The molecule has 0 aliphatic carbocycles. The second kappa shape index (κ2) is 9.37. The molecule has 13 heteroatoms. The highest BCUT2D eigenvalue weighted by atomic mass is 19.4. The normalized spacial score (nSPS) is 21.2. The number of para-hydroxylation sites is 1. The Morgan fingerprint density at radius 3 is 2.74 bits per heavy atom. The minimum absolute atomic E-state index is 0.0191. The summed E-state index contributed by atoms with van der Waals surface area (Å²) in [4.78, 5) is 35.7. The molecule has 8 nitrogen and oxygen atoms in total. The van der Waals surface area contributed by atoms with Crippen molar-refractivity contribution in [1.82, 2.24) is 20.2 Å². The number of anilines is 1. The van der Waals surface area contributed by atoms with Gasteiger partial charge in [-0.15, -0.1) is 0 Å². The fraction of sp³-hybridized carbons (Fsp3) is 0.360. The predicted molar refractivity (Wildman–Crippen MR) is 126 cm³/mol. The molecular formula is C25H22F5N5O3. The molecule has 3 aromatic rings. The number of benzene rings is 2. The van der Waals surface area contributed by atoms with Crippen molar-refractivity contribution in [3.8, 4) is 0 Å². The third-order valence-corrected chi connectivity index (χ3v) is 6.67. The van der Waals surface area contributed by atoms with Gasteiger partial charge in [-0.3, -0.25) is 0 Å². The smallest absolute Gasteiger partial charge is 0.419 e. The number of hydrogen-bond acceptors (Lipinski definition) is 6. The van der Waals surface area contributed by atoms with Crippen LogP contribution in [0.5, 0.6) is 0 Å².